The highest BCUT2D eigenvalue weighted by atomic mass is 16.3. The van der Waals surface area contributed by atoms with Crippen molar-refractivity contribution in [1.82, 2.24) is 0 Å². The zero-order chi connectivity index (χ0) is 8.27. The Morgan fingerprint density at radius 3 is 2.73 bits per heavy atom. The fraction of sp³-hybridized carbons (Fsp3) is 1.00. The molecule has 0 aromatic carbocycles. The number of hydrogen-bond acceptors (Lipinski definition) is 2. The van der Waals surface area contributed by atoms with Gasteiger partial charge in [-0.05, 0) is 25.2 Å². The van der Waals surface area contributed by atoms with Gasteiger partial charge in [0.1, 0.15) is 0 Å². The fourth-order valence-electron chi connectivity index (χ4n) is 1.87. The van der Waals surface area contributed by atoms with E-state index in [4.69, 9.17) is 5.73 Å². The summed E-state index contributed by atoms with van der Waals surface area (Å²) in [5.41, 5.74) is 5.78. The Labute approximate surface area is 68.8 Å². The van der Waals surface area contributed by atoms with Gasteiger partial charge in [0.25, 0.3) is 0 Å². The highest BCUT2D eigenvalue weighted by molar-refractivity contribution is 4.73. The van der Waals surface area contributed by atoms with Gasteiger partial charge in [0, 0.05) is 6.04 Å². The lowest BCUT2D eigenvalue weighted by Crippen LogP contribution is -2.29. The van der Waals surface area contributed by atoms with Crippen LogP contribution in [-0.2, 0) is 0 Å². The van der Waals surface area contributed by atoms with Crippen LogP contribution in [-0.4, -0.2) is 17.3 Å². The van der Waals surface area contributed by atoms with E-state index < -0.39 is 0 Å². The lowest BCUT2D eigenvalue weighted by Gasteiger charge is -2.23. The van der Waals surface area contributed by atoms with Crippen molar-refractivity contribution in [2.45, 2.75) is 51.2 Å². The molecule has 0 amide bonds. The van der Waals surface area contributed by atoms with Gasteiger partial charge in [0.05, 0.1) is 6.10 Å². The van der Waals surface area contributed by atoms with Crippen molar-refractivity contribution in [2.24, 2.45) is 11.7 Å². The minimum absolute atomic E-state index is 0.153. The molecule has 3 atom stereocenters. The van der Waals surface area contributed by atoms with Crippen molar-refractivity contribution in [2.75, 3.05) is 0 Å². The maximum absolute atomic E-state index is 9.48. The Morgan fingerprint density at radius 1 is 1.27 bits per heavy atom. The number of nitrogens with two attached hydrogens (primary N) is 1. The van der Waals surface area contributed by atoms with Crippen molar-refractivity contribution in [3.8, 4) is 0 Å². The summed E-state index contributed by atoms with van der Waals surface area (Å²) in [7, 11) is 0. The van der Waals surface area contributed by atoms with Crippen molar-refractivity contribution in [3.63, 3.8) is 0 Å². The predicted molar refractivity (Wildman–Crippen MR) is 46.2 cm³/mol. The molecule has 2 heteroatoms. The zero-order valence-electron chi connectivity index (χ0n) is 7.29. The Morgan fingerprint density at radius 2 is 2.00 bits per heavy atom. The van der Waals surface area contributed by atoms with Crippen LogP contribution in [0.2, 0.25) is 0 Å². The fourth-order valence-corrected chi connectivity index (χ4v) is 1.87. The molecular formula is C9H19NO. The molecule has 0 aromatic rings. The van der Waals surface area contributed by atoms with Gasteiger partial charge in [-0.25, -0.2) is 0 Å². The first-order valence-electron chi connectivity index (χ1n) is 4.62. The topological polar surface area (TPSA) is 46.2 Å². The van der Waals surface area contributed by atoms with E-state index in [1.165, 1.54) is 12.8 Å². The second-order valence-corrected chi connectivity index (χ2v) is 3.92. The van der Waals surface area contributed by atoms with Gasteiger partial charge in [0.2, 0.25) is 0 Å². The summed E-state index contributed by atoms with van der Waals surface area (Å²) in [6.07, 6.45) is 5.12. The smallest absolute Gasteiger partial charge is 0.0557 e. The molecule has 0 radical (unpaired) electrons. The summed E-state index contributed by atoms with van der Waals surface area (Å²) in [5.74, 6) is 0.678. The zero-order valence-corrected chi connectivity index (χ0v) is 7.29. The molecule has 66 valence electrons. The van der Waals surface area contributed by atoms with Crippen LogP contribution < -0.4 is 5.73 Å². The van der Waals surface area contributed by atoms with Crippen LogP contribution in [0.4, 0.5) is 0 Å². The predicted octanol–water partition coefficient (Wildman–Crippen LogP) is 1.27. The van der Waals surface area contributed by atoms with Crippen LogP contribution in [0.15, 0.2) is 0 Å². The van der Waals surface area contributed by atoms with Crippen molar-refractivity contribution in [1.29, 1.82) is 0 Å². The van der Waals surface area contributed by atoms with Crippen molar-refractivity contribution in [3.05, 3.63) is 0 Å². The Kier molecular flexibility index (Phi) is 3.34. The van der Waals surface area contributed by atoms with Gasteiger partial charge >= 0.3 is 0 Å². The molecule has 0 spiro atoms. The summed E-state index contributed by atoms with van der Waals surface area (Å²) in [6.45, 7) is 2.21. The summed E-state index contributed by atoms with van der Waals surface area (Å²) >= 11 is 0. The maximum Gasteiger partial charge on any atom is 0.0557 e. The van der Waals surface area contributed by atoms with Crippen LogP contribution in [0.1, 0.15) is 39.0 Å². The normalized spacial score (nSPS) is 41.2. The molecule has 11 heavy (non-hydrogen) atoms. The Balaban J connectivity index is 2.34. The van der Waals surface area contributed by atoms with Gasteiger partial charge in [-0.15, -0.1) is 0 Å². The molecule has 0 aromatic heterocycles. The molecule has 0 heterocycles. The first kappa shape index (κ1) is 9.01. The van der Waals surface area contributed by atoms with Gasteiger partial charge in [-0.3, -0.25) is 0 Å². The third-order valence-electron chi connectivity index (χ3n) is 2.52. The van der Waals surface area contributed by atoms with Crippen molar-refractivity contribution < 1.29 is 5.11 Å². The van der Waals surface area contributed by atoms with E-state index in [9.17, 15) is 5.11 Å². The van der Waals surface area contributed by atoms with E-state index in [2.05, 4.69) is 6.92 Å². The van der Waals surface area contributed by atoms with Gasteiger partial charge in [-0.2, -0.15) is 0 Å². The molecule has 1 aliphatic rings. The maximum atomic E-state index is 9.48. The molecule has 3 N–H and O–H groups in total. The molecule has 0 unspecified atom stereocenters. The second kappa shape index (κ2) is 4.07. The third-order valence-corrected chi connectivity index (χ3v) is 2.52. The quantitative estimate of drug-likeness (QED) is 0.556. The molecule has 0 aliphatic heterocycles. The molecule has 0 saturated heterocycles. The summed E-state index contributed by atoms with van der Waals surface area (Å²) in [5, 5.41) is 9.48. The van der Waals surface area contributed by atoms with E-state index in [1.807, 2.05) is 0 Å². The molecule has 1 aliphatic carbocycles. The monoisotopic (exact) mass is 157 g/mol. The average molecular weight is 157 g/mol. The summed E-state index contributed by atoms with van der Waals surface area (Å²) in [4.78, 5) is 0. The SMILES string of the molecule is C[C@@H]1CCC[C@@H](N)C[C@@H](O)C1. The van der Waals surface area contributed by atoms with Crippen LogP contribution in [0, 0.1) is 5.92 Å². The van der Waals surface area contributed by atoms with E-state index in [-0.39, 0.29) is 12.1 Å². The molecule has 1 saturated carbocycles. The molecule has 1 rings (SSSR count). The number of rotatable bonds is 0. The molecular weight excluding hydrogens is 138 g/mol. The molecule has 2 nitrogen and oxygen atoms in total. The van der Waals surface area contributed by atoms with E-state index in [0.29, 0.717) is 5.92 Å². The van der Waals surface area contributed by atoms with Crippen LogP contribution in [0.25, 0.3) is 0 Å². The lowest BCUT2D eigenvalue weighted by molar-refractivity contribution is 0.116. The van der Waals surface area contributed by atoms with E-state index >= 15 is 0 Å². The average Bonchev–Trinajstić information content (AvgIpc) is 1.83. The highest BCUT2D eigenvalue weighted by Gasteiger charge is 2.17. The summed E-state index contributed by atoms with van der Waals surface area (Å²) < 4.78 is 0. The number of hydrogen-bond donors (Lipinski definition) is 2. The standard InChI is InChI=1S/C9H19NO/c1-7-3-2-4-8(10)6-9(11)5-7/h7-9,11H,2-6,10H2,1H3/t7-,8-,9+/m1/s1. The van der Waals surface area contributed by atoms with E-state index in [0.717, 1.165) is 19.3 Å². The van der Waals surface area contributed by atoms with Crippen LogP contribution in [0.3, 0.4) is 0 Å². The minimum atomic E-state index is -0.153. The third kappa shape index (κ3) is 3.21. The minimum Gasteiger partial charge on any atom is -0.393 e. The first-order valence-corrected chi connectivity index (χ1v) is 4.62. The molecule has 1 fully saturated rings. The highest BCUT2D eigenvalue weighted by Crippen LogP contribution is 2.21. The van der Waals surface area contributed by atoms with Crippen LogP contribution >= 0.6 is 0 Å². The van der Waals surface area contributed by atoms with E-state index in [1.54, 1.807) is 0 Å². The van der Waals surface area contributed by atoms with Gasteiger partial charge in [0.15, 0.2) is 0 Å². The van der Waals surface area contributed by atoms with Crippen LogP contribution in [0.5, 0.6) is 0 Å². The second-order valence-electron chi connectivity index (χ2n) is 3.92. The van der Waals surface area contributed by atoms with Gasteiger partial charge < -0.3 is 10.8 Å². The lowest BCUT2D eigenvalue weighted by atomic mass is 9.89. The summed E-state index contributed by atoms with van der Waals surface area (Å²) in [6, 6.07) is 0.234. The van der Waals surface area contributed by atoms with Crippen molar-refractivity contribution >= 4 is 0 Å². The number of aliphatic hydroxyl groups excluding tert-OH is 1. The first-order chi connectivity index (χ1) is 5.18. The molecule has 0 bridgehead atoms. The number of aliphatic hydroxyl groups is 1. The Hall–Kier alpha value is -0.0800. The van der Waals surface area contributed by atoms with Gasteiger partial charge in [-0.1, -0.05) is 19.8 Å². The Bertz CT molecular complexity index is 104. The largest absolute Gasteiger partial charge is 0.393 e.